The summed E-state index contributed by atoms with van der Waals surface area (Å²) in [6.07, 6.45) is 3.50. The molecule has 19 heavy (non-hydrogen) atoms. The van der Waals surface area contributed by atoms with Crippen molar-refractivity contribution in [2.75, 3.05) is 11.9 Å². The quantitative estimate of drug-likeness (QED) is 0.875. The van der Waals surface area contributed by atoms with Crippen molar-refractivity contribution < 1.29 is 5.11 Å². The molecule has 1 aromatic heterocycles. The SMILES string of the molecule is CCC(CC)(CO)Nc1nccc2c(Br)cccc12. The molecule has 2 aromatic rings. The molecule has 2 rings (SSSR count). The van der Waals surface area contributed by atoms with Gasteiger partial charge in [-0.3, -0.25) is 0 Å². The normalized spacial score (nSPS) is 11.8. The van der Waals surface area contributed by atoms with Gasteiger partial charge in [0.2, 0.25) is 0 Å². The van der Waals surface area contributed by atoms with E-state index in [4.69, 9.17) is 0 Å². The molecule has 3 nitrogen and oxygen atoms in total. The Morgan fingerprint density at radius 2 is 1.95 bits per heavy atom. The summed E-state index contributed by atoms with van der Waals surface area (Å²) >= 11 is 3.56. The third-order valence-electron chi connectivity index (χ3n) is 3.79. The summed E-state index contributed by atoms with van der Waals surface area (Å²) in [6.45, 7) is 4.26. The molecule has 0 aliphatic rings. The van der Waals surface area contributed by atoms with Crippen LogP contribution >= 0.6 is 15.9 Å². The number of aliphatic hydroxyl groups is 1. The van der Waals surface area contributed by atoms with E-state index in [2.05, 4.69) is 40.1 Å². The lowest BCUT2D eigenvalue weighted by Crippen LogP contribution is -2.41. The number of nitrogens with zero attached hydrogens (tertiary/aromatic N) is 1. The predicted molar refractivity (Wildman–Crippen MR) is 83.5 cm³/mol. The van der Waals surface area contributed by atoms with Gasteiger partial charge in [0, 0.05) is 21.4 Å². The molecule has 0 amide bonds. The van der Waals surface area contributed by atoms with Gasteiger partial charge in [-0.05, 0) is 25.0 Å². The Bertz CT molecular complexity index is 559. The maximum atomic E-state index is 9.66. The fraction of sp³-hybridized carbons (Fsp3) is 0.400. The van der Waals surface area contributed by atoms with E-state index < -0.39 is 0 Å². The molecule has 1 heterocycles. The highest BCUT2D eigenvalue weighted by molar-refractivity contribution is 9.10. The van der Waals surface area contributed by atoms with Crippen LogP contribution in [0.2, 0.25) is 0 Å². The van der Waals surface area contributed by atoms with Crippen LogP contribution in [0.3, 0.4) is 0 Å². The number of fused-ring (bicyclic) bond motifs is 1. The highest BCUT2D eigenvalue weighted by Crippen LogP contribution is 2.30. The Morgan fingerprint density at radius 1 is 1.21 bits per heavy atom. The highest BCUT2D eigenvalue weighted by atomic mass is 79.9. The number of hydrogen-bond donors (Lipinski definition) is 2. The van der Waals surface area contributed by atoms with Crippen molar-refractivity contribution in [1.82, 2.24) is 4.98 Å². The summed E-state index contributed by atoms with van der Waals surface area (Å²) in [5, 5.41) is 15.3. The molecule has 1 aromatic carbocycles. The zero-order valence-electron chi connectivity index (χ0n) is 11.3. The van der Waals surface area contributed by atoms with E-state index in [9.17, 15) is 5.11 Å². The number of anilines is 1. The molecular formula is C15H19BrN2O. The molecule has 0 saturated heterocycles. The van der Waals surface area contributed by atoms with Gasteiger partial charge in [0.05, 0.1) is 12.1 Å². The predicted octanol–water partition coefficient (Wildman–Crippen LogP) is 3.96. The highest BCUT2D eigenvalue weighted by Gasteiger charge is 2.25. The Kier molecular flexibility index (Phi) is 4.42. The van der Waals surface area contributed by atoms with E-state index in [1.165, 1.54) is 0 Å². The zero-order chi connectivity index (χ0) is 13.9. The number of nitrogens with one attached hydrogen (secondary N) is 1. The van der Waals surface area contributed by atoms with E-state index >= 15 is 0 Å². The van der Waals surface area contributed by atoms with Gasteiger partial charge < -0.3 is 10.4 Å². The first-order chi connectivity index (χ1) is 9.15. The topological polar surface area (TPSA) is 45.1 Å². The van der Waals surface area contributed by atoms with Crippen LogP contribution in [0, 0.1) is 0 Å². The first kappa shape index (κ1) is 14.3. The second-order valence-electron chi connectivity index (χ2n) is 4.77. The Morgan fingerprint density at radius 3 is 2.58 bits per heavy atom. The molecule has 0 unspecified atom stereocenters. The second-order valence-corrected chi connectivity index (χ2v) is 5.62. The van der Waals surface area contributed by atoms with Crippen LogP contribution in [0.5, 0.6) is 0 Å². The van der Waals surface area contributed by atoms with E-state index in [-0.39, 0.29) is 12.1 Å². The van der Waals surface area contributed by atoms with Crippen LogP contribution in [0.15, 0.2) is 34.9 Å². The fourth-order valence-corrected chi connectivity index (χ4v) is 2.71. The molecule has 2 N–H and O–H groups in total. The lowest BCUT2D eigenvalue weighted by molar-refractivity contribution is 0.202. The van der Waals surface area contributed by atoms with Crippen molar-refractivity contribution in [3.8, 4) is 0 Å². The Balaban J connectivity index is 2.49. The monoisotopic (exact) mass is 322 g/mol. The van der Waals surface area contributed by atoms with E-state index in [1.54, 1.807) is 6.20 Å². The van der Waals surface area contributed by atoms with Crippen molar-refractivity contribution in [2.45, 2.75) is 32.2 Å². The zero-order valence-corrected chi connectivity index (χ0v) is 12.9. The molecule has 102 valence electrons. The van der Waals surface area contributed by atoms with Gasteiger partial charge in [-0.15, -0.1) is 0 Å². The lowest BCUT2D eigenvalue weighted by atomic mass is 9.93. The molecule has 0 radical (unpaired) electrons. The fourth-order valence-electron chi connectivity index (χ4n) is 2.21. The molecule has 0 fully saturated rings. The largest absolute Gasteiger partial charge is 0.394 e. The van der Waals surface area contributed by atoms with Gasteiger partial charge in [-0.25, -0.2) is 4.98 Å². The summed E-state index contributed by atoms with van der Waals surface area (Å²) in [6, 6.07) is 8.05. The number of rotatable bonds is 5. The molecule has 0 bridgehead atoms. The first-order valence-corrected chi connectivity index (χ1v) is 7.37. The second kappa shape index (κ2) is 5.88. The first-order valence-electron chi connectivity index (χ1n) is 6.58. The van der Waals surface area contributed by atoms with Gasteiger partial charge in [-0.2, -0.15) is 0 Å². The number of hydrogen-bond acceptors (Lipinski definition) is 3. The third kappa shape index (κ3) is 2.74. The number of aromatic nitrogens is 1. The summed E-state index contributed by atoms with van der Waals surface area (Å²) in [7, 11) is 0. The standard InChI is InChI=1S/C15H19BrN2O/c1-3-15(4-2,10-19)18-14-12-6-5-7-13(16)11(12)8-9-17-14/h5-9,19H,3-4,10H2,1-2H3,(H,17,18). The molecule has 0 spiro atoms. The van der Waals surface area contributed by atoms with Gasteiger partial charge in [-0.1, -0.05) is 41.9 Å². The number of benzene rings is 1. The average molecular weight is 323 g/mol. The maximum Gasteiger partial charge on any atom is 0.134 e. The summed E-state index contributed by atoms with van der Waals surface area (Å²) in [5.74, 6) is 0.830. The number of halogens is 1. The third-order valence-corrected chi connectivity index (χ3v) is 4.48. The summed E-state index contributed by atoms with van der Waals surface area (Å²) in [5.41, 5.74) is -0.302. The summed E-state index contributed by atoms with van der Waals surface area (Å²) in [4.78, 5) is 4.43. The minimum atomic E-state index is -0.302. The van der Waals surface area contributed by atoms with Crippen LogP contribution in [0.4, 0.5) is 5.82 Å². The van der Waals surface area contributed by atoms with Crippen molar-refractivity contribution in [1.29, 1.82) is 0 Å². The molecule has 0 saturated carbocycles. The van der Waals surface area contributed by atoms with Crippen molar-refractivity contribution in [3.05, 3.63) is 34.9 Å². The van der Waals surface area contributed by atoms with Gasteiger partial charge >= 0.3 is 0 Å². The molecule has 0 aliphatic heterocycles. The van der Waals surface area contributed by atoms with Crippen molar-refractivity contribution >= 4 is 32.5 Å². The maximum absolute atomic E-state index is 9.66. The van der Waals surface area contributed by atoms with E-state index in [0.29, 0.717) is 0 Å². The van der Waals surface area contributed by atoms with Crippen LogP contribution in [0.25, 0.3) is 10.8 Å². The van der Waals surface area contributed by atoms with Gasteiger partial charge in [0.15, 0.2) is 0 Å². The molecular weight excluding hydrogens is 304 g/mol. The van der Waals surface area contributed by atoms with Crippen LogP contribution in [-0.2, 0) is 0 Å². The molecule has 0 aliphatic carbocycles. The molecule has 4 heteroatoms. The van der Waals surface area contributed by atoms with Crippen LogP contribution < -0.4 is 5.32 Å². The van der Waals surface area contributed by atoms with E-state index in [0.717, 1.165) is 33.9 Å². The number of aliphatic hydroxyl groups excluding tert-OH is 1. The van der Waals surface area contributed by atoms with Gasteiger partial charge in [0.1, 0.15) is 5.82 Å². The average Bonchev–Trinajstić information content (AvgIpc) is 2.46. The van der Waals surface area contributed by atoms with E-state index in [1.807, 2.05) is 24.3 Å². The van der Waals surface area contributed by atoms with Crippen LogP contribution in [0.1, 0.15) is 26.7 Å². The van der Waals surface area contributed by atoms with Crippen LogP contribution in [-0.4, -0.2) is 22.2 Å². The lowest BCUT2D eigenvalue weighted by Gasteiger charge is -2.31. The van der Waals surface area contributed by atoms with Crippen molar-refractivity contribution in [3.63, 3.8) is 0 Å². The Labute approximate surface area is 122 Å². The summed E-state index contributed by atoms with van der Waals surface area (Å²) < 4.78 is 1.05. The number of pyridine rings is 1. The smallest absolute Gasteiger partial charge is 0.134 e. The minimum Gasteiger partial charge on any atom is -0.394 e. The Hall–Kier alpha value is -1.13. The minimum absolute atomic E-state index is 0.103. The van der Waals surface area contributed by atoms with Crippen molar-refractivity contribution in [2.24, 2.45) is 0 Å². The van der Waals surface area contributed by atoms with Gasteiger partial charge in [0.25, 0.3) is 0 Å². The molecule has 0 atom stereocenters.